The van der Waals surface area contributed by atoms with Crippen molar-refractivity contribution in [3.8, 4) is 17.2 Å². The first-order valence-corrected chi connectivity index (χ1v) is 9.93. The molecule has 166 valence electrons. The number of nitrogens with one attached hydrogen (secondary N) is 2. The number of anilines is 1. The maximum absolute atomic E-state index is 13.0. The Morgan fingerprint density at radius 3 is 2.38 bits per heavy atom. The highest BCUT2D eigenvalue weighted by Gasteiger charge is 2.14. The number of amides is 1. The second-order valence-electron chi connectivity index (χ2n) is 6.84. The van der Waals surface area contributed by atoms with Gasteiger partial charge >= 0.3 is 0 Å². The molecule has 3 rings (SSSR count). The van der Waals surface area contributed by atoms with Crippen molar-refractivity contribution < 1.29 is 19.0 Å². The summed E-state index contributed by atoms with van der Waals surface area (Å²) in [5.41, 5.74) is 2.87. The maximum atomic E-state index is 13.0. The van der Waals surface area contributed by atoms with Gasteiger partial charge < -0.3 is 19.5 Å². The number of aryl methyl sites for hydroxylation is 1. The van der Waals surface area contributed by atoms with Gasteiger partial charge in [0.1, 0.15) is 5.75 Å². The molecule has 0 fully saturated rings. The van der Waals surface area contributed by atoms with Crippen LogP contribution in [0.4, 0.5) is 5.69 Å². The number of methoxy groups -OCH3 is 3. The van der Waals surface area contributed by atoms with Crippen LogP contribution >= 0.6 is 0 Å². The Bertz CT molecular complexity index is 1100. The van der Waals surface area contributed by atoms with Crippen molar-refractivity contribution in [2.75, 3.05) is 26.6 Å². The second kappa shape index (κ2) is 10.8. The van der Waals surface area contributed by atoms with E-state index in [1.165, 1.54) is 7.11 Å². The lowest BCUT2D eigenvalue weighted by Crippen LogP contribution is -2.36. The Morgan fingerprint density at radius 2 is 1.69 bits per heavy atom. The van der Waals surface area contributed by atoms with E-state index in [0.29, 0.717) is 28.5 Å². The molecule has 1 heterocycles. The van der Waals surface area contributed by atoms with E-state index < -0.39 is 0 Å². The van der Waals surface area contributed by atoms with Gasteiger partial charge in [-0.25, -0.2) is 4.99 Å². The van der Waals surface area contributed by atoms with Crippen LogP contribution in [0.1, 0.15) is 21.6 Å². The van der Waals surface area contributed by atoms with E-state index in [1.54, 1.807) is 38.6 Å². The van der Waals surface area contributed by atoms with Gasteiger partial charge in [-0.15, -0.1) is 0 Å². The number of ether oxygens (including phenoxy) is 3. The van der Waals surface area contributed by atoms with Crippen molar-refractivity contribution in [3.63, 3.8) is 0 Å². The van der Waals surface area contributed by atoms with Gasteiger partial charge in [-0.2, -0.15) is 0 Å². The molecular formula is C24H26N4O4. The third kappa shape index (κ3) is 5.75. The van der Waals surface area contributed by atoms with Crippen molar-refractivity contribution in [2.24, 2.45) is 4.99 Å². The molecule has 0 unspecified atom stereocenters. The van der Waals surface area contributed by atoms with Crippen LogP contribution in [-0.2, 0) is 6.54 Å². The largest absolute Gasteiger partial charge is 0.495 e. The number of aromatic nitrogens is 1. The van der Waals surface area contributed by atoms with E-state index in [1.807, 2.05) is 43.3 Å². The minimum absolute atomic E-state index is 0.263. The number of hydrogen-bond donors (Lipinski definition) is 2. The third-order valence-electron chi connectivity index (χ3n) is 4.61. The minimum Gasteiger partial charge on any atom is -0.495 e. The number of nitrogens with zero attached hydrogens (tertiary/aromatic N) is 2. The predicted octanol–water partition coefficient (Wildman–Crippen LogP) is 3.81. The smallest absolute Gasteiger partial charge is 0.258 e. The van der Waals surface area contributed by atoms with Gasteiger partial charge in [0.25, 0.3) is 5.91 Å². The number of rotatable bonds is 7. The standard InChI is InChI=1S/C24H26N4O4/c1-16-8-10-20(30-2)19(13-16)27-24(26-15-18-7-5-6-12-25-18)28-23(29)17-9-11-21(31-3)22(14-17)32-4/h5-14H,15H2,1-4H3,(H2,26,27,28,29). The maximum Gasteiger partial charge on any atom is 0.258 e. The molecule has 32 heavy (non-hydrogen) atoms. The summed E-state index contributed by atoms with van der Waals surface area (Å²) in [4.78, 5) is 21.8. The topological polar surface area (TPSA) is 94.1 Å². The first-order chi connectivity index (χ1) is 15.5. The minimum atomic E-state index is -0.357. The highest BCUT2D eigenvalue weighted by molar-refractivity contribution is 6.10. The van der Waals surface area contributed by atoms with Crippen LogP contribution in [-0.4, -0.2) is 38.2 Å². The van der Waals surface area contributed by atoms with Crippen molar-refractivity contribution in [1.29, 1.82) is 0 Å². The molecule has 2 N–H and O–H groups in total. The van der Waals surface area contributed by atoms with Crippen molar-refractivity contribution >= 4 is 17.6 Å². The summed E-state index contributed by atoms with van der Waals surface area (Å²) < 4.78 is 16.0. The molecule has 0 aliphatic carbocycles. The molecule has 0 radical (unpaired) electrons. The number of benzene rings is 2. The Balaban J connectivity index is 1.88. The molecule has 0 aliphatic heterocycles. The summed E-state index contributed by atoms with van der Waals surface area (Å²) in [7, 11) is 4.65. The summed E-state index contributed by atoms with van der Waals surface area (Å²) in [6.45, 7) is 2.25. The molecule has 0 bridgehead atoms. The second-order valence-corrected chi connectivity index (χ2v) is 6.84. The number of hydrogen-bond acceptors (Lipinski definition) is 6. The Morgan fingerprint density at radius 1 is 0.938 bits per heavy atom. The molecule has 0 spiro atoms. The fraction of sp³-hybridized carbons (Fsp3) is 0.208. The number of pyridine rings is 1. The van der Waals surface area contributed by atoms with Gasteiger partial charge in [0.2, 0.25) is 5.96 Å². The van der Waals surface area contributed by atoms with E-state index in [-0.39, 0.29) is 18.4 Å². The molecule has 2 aromatic carbocycles. The molecule has 0 aliphatic rings. The lowest BCUT2D eigenvalue weighted by molar-refractivity contribution is 0.0976. The van der Waals surface area contributed by atoms with Crippen LogP contribution in [0, 0.1) is 6.92 Å². The lowest BCUT2D eigenvalue weighted by atomic mass is 10.2. The summed E-state index contributed by atoms with van der Waals surface area (Å²) in [6.07, 6.45) is 1.70. The van der Waals surface area contributed by atoms with Crippen LogP contribution in [0.5, 0.6) is 17.2 Å². The molecule has 0 atom stereocenters. The molecule has 0 saturated carbocycles. The monoisotopic (exact) mass is 434 g/mol. The van der Waals surface area contributed by atoms with Gasteiger partial charge in [0, 0.05) is 11.8 Å². The Labute approximate surface area is 187 Å². The zero-order valence-corrected chi connectivity index (χ0v) is 18.5. The zero-order chi connectivity index (χ0) is 22.9. The number of carbonyl (C=O) groups excluding carboxylic acids is 1. The SMILES string of the molecule is COc1ccc(C)cc1NC(=NCc1ccccn1)NC(=O)c1ccc(OC)c(OC)c1. The van der Waals surface area contributed by atoms with Crippen molar-refractivity contribution in [3.05, 3.63) is 77.6 Å². The van der Waals surface area contributed by atoms with Crippen LogP contribution in [0.25, 0.3) is 0 Å². The third-order valence-corrected chi connectivity index (χ3v) is 4.61. The normalized spacial score (nSPS) is 10.9. The first kappa shape index (κ1) is 22.6. The van der Waals surface area contributed by atoms with E-state index >= 15 is 0 Å². The number of guanidine groups is 1. The highest BCUT2D eigenvalue weighted by Crippen LogP contribution is 2.28. The molecule has 1 aromatic heterocycles. The number of aliphatic imine (C=N–C) groups is 1. The van der Waals surface area contributed by atoms with E-state index in [4.69, 9.17) is 14.2 Å². The van der Waals surface area contributed by atoms with E-state index in [2.05, 4.69) is 20.6 Å². The van der Waals surface area contributed by atoms with E-state index in [9.17, 15) is 4.79 Å². The Hall–Kier alpha value is -4.07. The summed E-state index contributed by atoms with van der Waals surface area (Å²) in [6, 6.07) is 16.2. The molecule has 3 aromatic rings. The average molecular weight is 434 g/mol. The van der Waals surface area contributed by atoms with Gasteiger partial charge in [-0.05, 0) is 55.0 Å². The average Bonchev–Trinajstić information content (AvgIpc) is 2.82. The molecule has 0 saturated heterocycles. The fourth-order valence-corrected chi connectivity index (χ4v) is 2.97. The molecule has 8 heteroatoms. The van der Waals surface area contributed by atoms with Gasteiger partial charge in [0.15, 0.2) is 11.5 Å². The summed E-state index contributed by atoms with van der Waals surface area (Å²) in [5, 5.41) is 6.00. The Kier molecular flexibility index (Phi) is 7.64. The van der Waals surface area contributed by atoms with Gasteiger partial charge in [-0.1, -0.05) is 12.1 Å². The van der Waals surface area contributed by atoms with Crippen LogP contribution in [0.15, 0.2) is 65.8 Å². The molecule has 1 amide bonds. The van der Waals surface area contributed by atoms with Crippen molar-refractivity contribution in [1.82, 2.24) is 10.3 Å². The highest BCUT2D eigenvalue weighted by atomic mass is 16.5. The lowest BCUT2D eigenvalue weighted by Gasteiger charge is -2.15. The van der Waals surface area contributed by atoms with E-state index in [0.717, 1.165) is 11.3 Å². The fourth-order valence-electron chi connectivity index (χ4n) is 2.97. The van der Waals surface area contributed by atoms with Crippen molar-refractivity contribution in [2.45, 2.75) is 13.5 Å². The summed E-state index contributed by atoms with van der Waals surface area (Å²) in [5.74, 6) is 1.53. The van der Waals surface area contributed by atoms with Crippen LogP contribution < -0.4 is 24.8 Å². The van der Waals surface area contributed by atoms with Gasteiger partial charge in [0.05, 0.1) is 39.3 Å². The summed E-state index contributed by atoms with van der Waals surface area (Å²) >= 11 is 0. The number of carbonyl (C=O) groups is 1. The first-order valence-electron chi connectivity index (χ1n) is 9.93. The quantitative estimate of drug-likeness (QED) is 0.434. The molecular weight excluding hydrogens is 408 g/mol. The van der Waals surface area contributed by atoms with Crippen LogP contribution in [0.2, 0.25) is 0 Å². The predicted molar refractivity (Wildman–Crippen MR) is 124 cm³/mol. The van der Waals surface area contributed by atoms with Crippen LogP contribution in [0.3, 0.4) is 0 Å². The zero-order valence-electron chi connectivity index (χ0n) is 18.5. The van der Waals surface area contributed by atoms with Gasteiger partial charge in [-0.3, -0.25) is 15.1 Å². The molecule has 8 nitrogen and oxygen atoms in total.